The van der Waals surface area contributed by atoms with Gasteiger partial charge in [-0.1, -0.05) is 31.2 Å². The second kappa shape index (κ2) is 12.2. The summed E-state index contributed by atoms with van der Waals surface area (Å²) in [6.45, 7) is 3.67. The van der Waals surface area contributed by atoms with Crippen molar-refractivity contribution in [2.75, 3.05) is 37.4 Å². The van der Waals surface area contributed by atoms with Gasteiger partial charge < -0.3 is 25.4 Å². The van der Waals surface area contributed by atoms with Gasteiger partial charge in [0.1, 0.15) is 16.1 Å². The van der Waals surface area contributed by atoms with E-state index in [2.05, 4.69) is 10.6 Å². The molecule has 0 radical (unpaired) electrons. The molecule has 4 rings (SSSR count). The first-order chi connectivity index (χ1) is 18.6. The van der Waals surface area contributed by atoms with Crippen molar-refractivity contribution >= 4 is 44.7 Å². The van der Waals surface area contributed by atoms with Crippen LogP contribution in [0.25, 0.3) is 0 Å². The molecule has 39 heavy (non-hydrogen) atoms. The number of likely N-dealkylation sites (N-methyl/N-ethyl adjacent to an activating group) is 1. The van der Waals surface area contributed by atoms with Crippen molar-refractivity contribution in [1.29, 1.82) is 0 Å². The molecular weight excluding hydrogens is 540 g/mol. The molecule has 0 bridgehead atoms. The van der Waals surface area contributed by atoms with Crippen molar-refractivity contribution in [1.82, 2.24) is 9.21 Å². The highest BCUT2D eigenvalue weighted by molar-refractivity contribution is 7.91. The number of carbonyl (C=O) groups is 2. The van der Waals surface area contributed by atoms with Crippen LogP contribution in [0, 0.1) is 5.92 Å². The molecule has 3 N–H and O–H groups in total. The first kappa shape index (κ1) is 28.6. The number of fused-ring (bicyclic) bond motifs is 1. The number of ether oxygens (including phenoxy) is 1. The number of aliphatic hydroxyl groups is 1. The number of urea groups is 1. The Bertz CT molecular complexity index is 1400. The standard InChI is InChI=1S/C27H32N4O6S2/c1-18-15-31(19(2)17-32)26(33)22-14-21(29-27(34)28-20-8-5-4-6-9-20)11-12-23(22)37-24(18)16-30(3)39(35,36)25-10-7-13-38-25/h4-14,18-19,24,32H,15-17H2,1-3H3,(H2,28,29,34)/t18-,19-,24-/m1/s1. The molecule has 0 spiro atoms. The Balaban J connectivity index is 1.61. The summed E-state index contributed by atoms with van der Waals surface area (Å²) in [5, 5.41) is 17.0. The SMILES string of the molecule is C[C@@H]1CN([C@H](C)CO)C(=O)c2cc(NC(=O)Nc3ccccc3)ccc2O[C@@H]1CN(C)S(=O)(=O)c1cccs1. The third kappa shape index (κ3) is 6.59. The maximum Gasteiger partial charge on any atom is 0.323 e. The maximum atomic E-state index is 13.6. The Morgan fingerprint density at radius 3 is 2.54 bits per heavy atom. The molecule has 10 nitrogen and oxygen atoms in total. The summed E-state index contributed by atoms with van der Waals surface area (Å²) in [7, 11) is -2.21. The molecule has 3 atom stereocenters. The summed E-state index contributed by atoms with van der Waals surface area (Å²) < 4.78 is 33.9. The van der Waals surface area contributed by atoms with Gasteiger partial charge in [-0.05, 0) is 48.7 Å². The van der Waals surface area contributed by atoms with E-state index >= 15 is 0 Å². The van der Waals surface area contributed by atoms with Crippen molar-refractivity contribution in [2.45, 2.75) is 30.2 Å². The summed E-state index contributed by atoms with van der Waals surface area (Å²) in [4.78, 5) is 27.7. The van der Waals surface area contributed by atoms with E-state index in [-0.39, 0.29) is 47.0 Å². The molecule has 0 fully saturated rings. The number of anilines is 2. The van der Waals surface area contributed by atoms with Crippen LogP contribution < -0.4 is 15.4 Å². The van der Waals surface area contributed by atoms with Crippen molar-refractivity contribution < 1.29 is 27.9 Å². The molecule has 12 heteroatoms. The van der Waals surface area contributed by atoms with Gasteiger partial charge in [0.2, 0.25) is 0 Å². The lowest BCUT2D eigenvalue weighted by molar-refractivity contribution is 0.0387. The Hall–Kier alpha value is -3.45. The van der Waals surface area contributed by atoms with E-state index in [1.807, 2.05) is 13.0 Å². The van der Waals surface area contributed by atoms with Gasteiger partial charge in [0.05, 0.1) is 24.8 Å². The molecule has 2 aromatic carbocycles. The highest BCUT2D eigenvalue weighted by Crippen LogP contribution is 2.31. The van der Waals surface area contributed by atoms with Crippen LogP contribution >= 0.6 is 11.3 Å². The van der Waals surface area contributed by atoms with Gasteiger partial charge in [0, 0.05) is 30.9 Å². The highest BCUT2D eigenvalue weighted by atomic mass is 32.2. The quantitative estimate of drug-likeness (QED) is 0.375. The van der Waals surface area contributed by atoms with E-state index < -0.39 is 28.2 Å². The van der Waals surface area contributed by atoms with E-state index in [4.69, 9.17) is 4.74 Å². The van der Waals surface area contributed by atoms with Crippen molar-refractivity contribution in [2.24, 2.45) is 5.92 Å². The largest absolute Gasteiger partial charge is 0.488 e. The van der Waals surface area contributed by atoms with Gasteiger partial charge in [-0.2, -0.15) is 4.31 Å². The molecule has 208 valence electrons. The van der Waals surface area contributed by atoms with Crippen LogP contribution in [0.1, 0.15) is 24.2 Å². The van der Waals surface area contributed by atoms with Crippen LogP contribution in [0.5, 0.6) is 5.75 Å². The summed E-state index contributed by atoms with van der Waals surface area (Å²) in [6, 6.07) is 15.9. The zero-order valence-corrected chi connectivity index (χ0v) is 23.5. The summed E-state index contributed by atoms with van der Waals surface area (Å²) in [6.07, 6.45) is -0.592. The maximum absolute atomic E-state index is 13.6. The molecule has 2 heterocycles. The van der Waals surface area contributed by atoms with Gasteiger partial charge in [0.25, 0.3) is 15.9 Å². The molecule has 1 aliphatic rings. The molecule has 3 amide bonds. The van der Waals surface area contributed by atoms with Crippen molar-refractivity contribution in [3.63, 3.8) is 0 Å². The minimum atomic E-state index is -3.71. The van der Waals surface area contributed by atoms with Crippen LogP contribution in [0.3, 0.4) is 0 Å². The molecule has 1 aliphatic heterocycles. The highest BCUT2D eigenvalue weighted by Gasteiger charge is 2.35. The Labute approximate surface area is 232 Å². The zero-order chi connectivity index (χ0) is 28.2. The number of carbonyl (C=O) groups excluding carboxylic acids is 2. The predicted molar refractivity (Wildman–Crippen MR) is 151 cm³/mol. The molecule has 0 saturated heterocycles. The van der Waals surface area contributed by atoms with Crippen LogP contribution in [-0.4, -0.2) is 73.6 Å². The Morgan fingerprint density at radius 2 is 1.87 bits per heavy atom. The third-order valence-corrected chi connectivity index (χ3v) is 9.75. The topological polar surface area (TPSA) is 128 Å². The second-order valence-corrected chi connectivity index (χ2v) is 12.7. The monoisotopic (exact) mass is 572 g/mol. The summed E-state index contributed by atoms with van der Waals surface area (Å²) >= 11 is 1.14. The average molecular weight is 573 g/mol. The summed E-state index contributed by atoms with van der Waals surface area (Å²) in [5.41, 5.74) is 1.19. The molecule has 0 unspecified atom stereocenters. The van der Waals surface area contributed by atoms with E-state index in [0.29, 0.717) is 11.4 Å². The number of nitrogens with one attached hydrogen (secondary N) is 2. The number of nitrogens with zero attached hydrogens (tertiary/aromatic N) is 2. The van der Waals surface area contributed by atoms with Crippen LogP contribution in [0.15, 0.2) is 70.3 Å². The molecule has 3 aromatic rings. The van der Waals surface area contributed by atoms with Gasteiger partial charge in [-0.3, -0.25) is 4.79 Å². The molecule has 0 saturated carbocycles. The lowest BCUT2D eigenvalue weighted by Crippen LogP contribution is -2.50. The van der Waals surface area contributed by atoms with Gasteiger partial charge >= 0.3 is 6.03 Å². The van der Waals surface area contributed by atoms with Gasteiger partial charge in [0.15, 0.2) is 0 Å². The normalized spacial score (nSPS) is 18.5. The second-order valence-electron chi connectivity index (χ2n) is 9.50. The van der Waals surface area contributed by atoms with E-state index in [1.54, 1.807) is 65.7 Å². The smallest absolute Gasteiger partial charge is 0.323 e. The predicted octanol–water partition coefficient (Wildman–Crippen LogP) is 3.93. The number of aliphatic hydroxyl groups excluding tert-OH is 1. The van der Waals surface area contributed by atoms with Crippen LogP contribution in [0.2, 0.25) is 0 Å². The lowest BCUT2D eigenvalue weighted by atomic mass is 9.99. The number of para-hydroxylation sites is 1. The number of hydrogen-bond acceptors (Lipinski definition) is 7. The van der Waals surface area contributed by atoms with E-state index in [1.165, 1.54) is 17.4 Å². The molecule has 0 aliphatic carbocycles. The Morgan fingerprint density at radius 1 is 1.15 bits per heavy atom. The number of rotatable bonds is 8. The number of sulfonamides is 1. The number of thiophene rings is 1. The van der Waals surface area contributed by atoms with Gasteiger partial charge in [-0.15, -0.1) is 11.3 Å². The first-order valence-corrected chi connectivity index (χ1v) is 14.8. The van der Waals surface area contributed by atoms with Crippen molar-refractivity contribution in [3.8, 4) is 5.75 Å². The minimum absolute atomic E-state index is 0.0514. The fraction of sp³-hybridized carbons (Fsp3) is 0.333. The summed E-state index contributed by atoms with van der Waals surface area (Å²) in [5.74, 6) is -0.349. The third-order valence-electron chi connectivity index (χ3n) is 6.55. The van der Waals surface area contributed by atoms with Crippen molar-refractivity contribution in [3.05, 3.63) is 71.6 Å². The van der Waals surface area contributed by atoms with E-state index in [0.717, 1.165) is 11.3 Å². The minimum Gasteiger partial charge on any atom is -0.488 e. The average Bonchev–Trinajstić information content (AvgIpc) is 3.47. The number of hydrogen-bond donors (Lipinski definition) is 3. The molecular formula is C27H32N4O6S2. The van der Waals surface area contributed by atoms with Crippen LogP contribution in [0.4, 0.5) is 16.2 Å². The number of amides is 3. The number of benzene rings is 2. The fourth-order valence-electron chi connectivity index (χ4n) is 4.25. The van der Waals surface area contributed by atoms with E-state index in [9.17, 15) is 23.1 Å². The Kier molecular flexibility index (Phi) is 8.90. The van der Waals surface area contributed by atoms with Gasteiger partial charge in [-0.25, -0.2) is 13.2 Å². The zero-order valence-electron chi connectivity index (χ0n) is 21.9. The first-order valence-electron chi connectivity index (χ1n) is 12.5. The lowest BCUT2D eigenvalue weighted by Gasteiger charge is -2.38. The molecule has 1 aromatic heterocycles. The van der Waals surface area contributed by atoms with Crippen LogP contribution in [-0.2, 0) is 10.0 Å². The fourth-order valence-corrected chi connectivity index (χ4v) is 6.63.